The van der Waals surface area contributed by atoms with Crippen molar-refractivity contribution in [1.82, 2.24) is 0 Å². The van der Waals surface area contributed by atoms with Crippen molar-refractivity contribution in [3.8, 4) is 0 Å². The van der Waals surface area contributed by atoms with Crippen LogP contribution in [0, 0.1) is 12.7 Å². The molecular weight excluding hydrogens is 201 g/mol. The summed E-state index contributed by atoms with van der Waals surface area (Å²) in [5.74, 6) is -0.265. The van der Waals surface area contributed by atoms with Gasteiger partial charge in [0.05, 0.1) is 5.69 Å². The van der Waals surface area contributed by atoms with Gasteiger partial charge in [-0.05, 0) is 30.7 Å². The van der Waals surface area contributed by atoms with Crippen molar-refractivity contribution < 1.29 is 4.39 Å². The third-order valence-corrected chi connectivity index (χ3v) is 2.21. The molecule has 0 bridgehead atoms. The van der Waals surface area contributed by atoms with Crippen molar-refractivity contribution in [2.45, 2.75) is 6.92 Å². The summed E-state index contributed by atoms with van der Waals surface area (Å²) < 4.78 is 12.9. The topological polar surface area (TPSA) is 12.4 Å². The van der Waals surface area contributed by atoms with Crippen LogP contribution in [-0.4, -0.2) is 6.21 Å². The SMILES string of the molecule is Cc1cccc(C=Nc2cccc(F)c2)c1. The molecule has 80 valence electrons. The van der Waals surface area contributed by atoms with Crippen molar-refractivity contribution >= 4 is 11.9 Å². The summed E-state index contributed by atoms with van der Waals surface area (Å²) in [6, 6.07) is 14.2. The van der Waals surface area contributed by atoms with Gasteiger partial charge in [-0.1, -0.05) is 35.9 Å². The molecule has 2 aromatic rings. The molecule has 2 rings (SSSR count). The molecule has 2 aromatic carbocycles. The van der Waals surface area contributed by atoms with E-state index >= 15 is 0 Å². The molecule has 2 heteroatoms. The molecule has 0 spiro atoms. The highest BCUT2D eigenvalue weighted by atomic mass is 19.1. The van der Waals surface area contributed by atoms with Gasteiger partial charge in [0.2, 0.25) is 0 Å². The largest absolute Gasteiger partial charge is 0.256 e. The van der Waals surface area contributed by atoms with E-state index in [0.717, 1.165) is 5.56 Å². The van der Waals surface area contributed by atoms with Crippen LogP contribution in [0.15, 0.2) is 53.5 Å². The molecule has 0 amide bonds. The molecule has 0 aromatic heterocycles. The fraction of sp³-hybridized carbons (Fsp3) is 0.0714. The number of aryl methyl sites for hydroxylation is 1. The van der Waals surface area contributed by atoms with Crippen molar-refractivity contribution in [3.63, 3.8) is 0 Å². The van der Waals surface area contributed by atoms with Gasteiger partial charge in [-0.2, -0.15) is 0 Å². The summed E-state index contributed by atoms with van der Waals surface area (Å²) in [4.78, 5) is 4.21. The number of hydrogen-bond donors (Lipinski definition) is 0. The fourth-order valence-electron chi connectivity index (χ4n) is 1.46. The van der Waals surface area contributed by atoms with Gasteiger partial charge in [-0.3, -0.25) is 4.99 Å². The average Bonchev–Trinajstić information content (AvgIpc) is 2.27. The van der Waals surface area contributed by atoms with Crippen LogP contribution in [0.4, 0.5) is 10.1 Å². The molecule has 0 atom stereocenters. The van der Waals surface area contributed by atoms with E-state index in [9.17, 15) is 4.39 Å². The molecule has 0 aliphatic heterocycles. The monoisotopic (exact) mass is 213 g/mol. The minimum Gasteiger partial charge on any atom is -0.256 e. The maximum atomic E-state index is 12.9. The van der Waals surface area contributed by atoms with Gasteiger partial charge in [0.25, 0.3) is 0 Å². The Morgan fingerprint density at radius 3 is 2.62 bits per heavy atom. The Kier molecular flexibility index (Phi) is 3.10. The Labute approximate surface area is 94.3 Å². The first-order valence-electron chi connectivity index (χ1n) is 5.10. The van der Waals surface area contributed by atoms with Gasteiger partial charge in [0.15, 0.2) is 0 Å². The molecule has 0 unspecified atom stereocenters. The molecule has 0 aliphatic rings. The van der Waals surface area contributed by atoms with Crippen LogP contribution < -0.4 is 0 Å². The van der Waals surface area contributed by atoms with Crippen molar-refractivity contribution in [3.05, 3.63) is 65.5 Å². The maximum absolute atomic E-state index is 12.9. The zero-order valence-corrected chi connectivity index (χ0v) is 9.02. The maximum Gasteiger partial charge on any atom is 0.125 e. The Hall–Kier alpha value is -1.96. The standard InChI is InChI=1S/C14H12FN/c1-11-4-2-5-12(8-11)10-16-14-7-3-6-13(15)9-14/h2-10H,1H3. The Morgan fingerprint density at radius 2 is 1.88 bits per heavy atom. The zero-order valence-electron chi connectivity index (χ0n) is 9.02. The highest BCUT2D eigenvalue weighted by Crippen LogP contribution is 2.13. The van der Waals surface area contributed by atoms with Gasteiger partial charge in [-0.15, -0.1) is 0 Å². The van der Waals surface area contributed by atoms with Gasteiger partial charge in [0, 0.05) is 6.21 Å². The molecule has 0 aliphatic carbocycles. The van der Waals surface area contributed by atoms with Crippen molar-refractivity contribution in [2.75, 3.05) is 0 Å². The second-order valence-electron chi connectivity index (χ2n) is 3.65. The van der Waals surface area contributed by atoms with E-state index in [2.05, 4.69) is 4.99 Å². The Bertz CT molecular complexity index is 470. The van der Waals surface area contributed by atoms with Crippen LogP contribution >= 0.6 is 0 Å². The van der Waals surface area contributed by atoms with E-state index in [1.54, 1.807) is 18.3 Å². The van der Waals surface area contributed by atoms with Crippen LogP contribution in [-0.2, 0) is 0 Å². The predicted molar refractivity (Wildman–Crippen MR) is 64.8 cm³/mol. The minimum absolute atomic E-state index is 0.265. The van der Waals surface area contributed by atoms with E-state index in [1.807, 2.05) is 31.2 Å². The molecular formula is C14H12FN. The van der Waals surface area contributed by atoms with Crippen LogP contribution in [0.3, 0.4) is 0 Å². The second kappa shape index (κ2) is 4.71. The Morgan fingerprint density at radius 1 is 1.06 bits per heavy atom. The minimum atomic E-state index is -0.265. The van der Waals surface area contributed by atoms with Gasteiger partial charge in [0.1, 0.15) is 5.82 Å². The van der Waals surface area contributed by atoms with E-state index in [0.29, 0.717) is 5.69 Å². The molecule has 1 nitrogen and oxygen atoms in total. The van der Waals surface area contributed by atoms with Crippen LogP contribution in [0.25, 0.3) is 0 Å². The van der Waals surface area contributed by atoms with E-state index in [-0.39, 0.29) is 5.82 Å². The normalized spacial score (nSPS) is 10.9. The second-order valence-corrected chi connectivity index (χ2v) is 3.65. The third kappa shape index (κ3) is 2.76. The zero-order chi connectivity index (χ0) is 11.4. The van der Waals surface area contributed by atoms with E-state index in [4.69, 9.17) is 0 Å². The molecule has 0 heterocycles. The first-order valence-corrected chi connectivity index (χ1v) is 5.10. The molecule has 0 radical (unpaired) electrons. The molecule has 0 N–H and O–H groups in total. The number of halogens is 1. The number of aliphatic imine (C=N–C) groups is 1. The summed E-state index contributed by atoms with van der Waals surface area (Å²) >= 11 is 0. The average molecular weight is 213 g/mol. The van der Waals surface area contributed by atoms with Crippen LogP contribution in [0.5, 0.6) is 0 Å². The summed E-state index contributed by atoms with van der Waals surface area (Å²) in [5, 5.41) is 0. The quantitative estimate of drug-likeness (QED) is 0.671. The molecule has 16 heavy (non-hydrogen) atoms. The third-order valence-electron chi connectivity index (χ3n) is 2.21. The predicted octanol–water partition coefficient (Wildman–Crippen LogP) is 3.88. The summed E-state index contributed by atoms with van der Waals surface area (Å²) in [7, 11) is 0. The van der Waals surface area contributed by atoms with Crippen LogP contribution in [0.2, 0.25) is 0 Å². The molecule has 0 saturated heterocycles. The highest BCUT2D eigenvalue weighted by Gasteiger charge is 1.92. The molecule has 0 fully saturated rings. The first kappa shape index (κ1) is 10.6. The lowest BCUT2D eigenvalue weighted by Gasteiger charge is -1.96. The van der Waals surface area contributed by atoms with Crippen LogP contribution in [0.1, 0.15) is 11.1 Å². The molecule has 0 saturated carbocycles. The van der Waals surface area contributed by atoms with Gasteiger partial charge < -0.3 is 0 Å². The van der Waals surface area contributed by atoms with Crippen molar-refractivity contribution in [1.29, 1.82) is 0 Å². The Balaban J connectivity index is 2.21. The lowest BCUT2D eigenvalue weighted by atomic mass is 10.1. The summed E-state index contributed by atoms with van der Waals surface area (Å²) in [6.07, 6.45) is 1.74. The lowest BCUT2D eigenvalue weighted by molar-refractivity contribution is 0.628. The number of benzene rings is 2. The summed E-state index contributed by atoms with van der Waals surface area (Å²) in [5.41, 5.74) is 2.83. The van der Waals surface area contributed by atoms with E-state index < -0.39 is 0 Å². The van der Waals surface area contributed by atoms with E-state index in [1.165, 1.54) is 17.7 Å². The van der Waals surface area contributed by atoms with Gasteiger partial charge >= 0.3 is 0 Å². The fourth-order valence-corrected chi connectivity index (χ4v) is 1.46. The number of hydrogen-bond acceptors (Lipinski definition) is 1. The van der Waals surface area contributed by atoms with Gasteiger partial charge in [-0.25, -0.2) is 4.39 Å². The first-order chi connectivity index (χ1) is 7.74. The number of rotatable bonds is 2. The lowest BCUT2D eigenvalue weighted by Crippen LogP contribution is -1.81. The smallest absolute Gasteiger partial charge is 0.125 e. The highest BCUT2D eigenvalue weighted by molar-refractivity contribution is 5.82. The van der Waals surface area contributed by atoms with Crippen molar-refractivity contribution in [2.24, 2.45) is 4.99 Å². The number of nitrogens with zero attached hydrogens (tertiary/aromatic N) is 1. The summed E-state index contributed by atoms with van der Waals surface area (Å²) in [6.45, 7) is 2.03.